The Morgan fingerprint density at radius 3 is 2.53 bits per heavy atom. The highest BCUT2D eigenvalue weighted by molar-refractivity contribution is 5.95. The van der Waals surface area contributed by atoms with Crippen molar-refractivity contribution in [2.24, 2.45) is 0 Å². The zero-order valence-electron chi connectivity index (χ0n) is 21.4. The van der Waals surface area contributed by atoms with Gasteiger partial charge in [0.1, 0.15) is 12.4 Å². The number of carbonyl (C=O) groups excluding carboxylic acids is 1. The van der Waals surface area contributed by atoms with Crippen molar-refractivity contribution in [3.05, 3.63) is 89.2 Å². The molecule has 6 heteroatoms. The van der Waals surface area contributed by atoms with E-state index in [1.165, 1.54) is 5.56 Å². The molecule has 1 N–H and O–H groups in total. The van der Waals surface area contributed by atoms with Gasteiger partial charge in [-0.3, -0.25) is 4.79 Å². The van der Waals surface area contributed by atoms with Crippen molar-refractivity contribution < 1.29 is 14.3 Å². The SMILES string of the molecule is COc1ccccc1OCCn1c(CCCCCNC(=O)c2ccc(C)cc2C)nc2ccccc21. The van der Waals surface area contributed by atoms with Gasteiger partial charge in [-0.25, -0.2) is 4.98 Å². The summed E-state index contributed by atoms with van der Waals surface area (Å²) in [5.74, 6) is 2.55. The van der Waals surface area contributed by atoms with Crippen LogP contribution >= 0.6 is 0 Å². The molecular weight excluding hydrogens is 450 g/mol. The minimum atomic E-state index is 0.00402. The first-order valence-corrected chi connectivity index (χ1v) is 12.6. The molecule has 0 saturated heterocycles. The largest absolute Gasteiger partial charge is 0.493 e. The quantitative estimate of drug-likeness (QED) is 0.254. The standard InChI is InChI=1S/C30H35N3O3/c1-22-16-17-24(23(2)21-22)30(34)31-18-10-4-5-15-29-32-25-11-6-7-12-26(25)33(29)19-20-36-28-14-9-8-13-27(28)35-3/h6-9,11-14,16-17,21H,4-5,10,15,18-20H2,1-3H3,(H,31,34). The number of nitrogens with one attached hydrogen (secondary N) is 1. The van der Waals surface area contributed by atoms with Crippen LogP contribution in [0.25, 0.3) is 11.0 Å². The summed E-state index contributed by atoms with van der Waals surface area (Å²) in [5, 5.41) is 3.06. The van der Waals surface area contributed by atoms with E-state index in [1.54, 1.807) is 7.11 Å². The fourth-order valence-electron chi connectivity index (χ4n) is 4.50. The van der Waals surface area contributed by atoms with E-state index in [0.29, 0.717) is 19.7 Å². The molecule has 0 unspecified atom stereocenters. The van der Waals surface area contributed by atoms with Crippen LogP contribution in [0.15, 0.2) is 66.7 Å². The molecule has 1 heterocycles. The number of rotatable bonds is 12. The molecule has 6 nitrogen and oxygen atoms in total. The van der Waals surface area contributed by atoms with Crippen molar-refractivity contribution in [2.45, 2.75) is 46.1 Å². The first kappa shape index (κ1) is 25.3. The highest BCUT2D eigenvalue weighted by Crippen LogP contribution is 2.26. The number of hydrogen-bond donors (Lipinski definition) is 1. The molecule has 0 spiro atoms. The topological polar surface area (TPSA) is 65.4 Å². The number of amides is 1. The predicted molar refractivity (Wildman–Crippen MR) is 144 cm³/mol. The third-order valence-electron chi connectivity index (χ3n) is 6.36. The second-order valence-electron chi connectivity index (χ2n) is 9.05. The van der Waals surface area contributed by atoms with Crippen molar-refractivity contribution in [1.29, 1.82) is 0 Å². The summed E-state index contributed by atoms with van der Waals surface area (Å²) in [5.41, 5.74) is 5.06. The van der Waals surface area contributed by atoms with Crippen molar-refractivity contribution in [3.63, 3.8) is 0 Å². The minimum Gasteiger partial charge on any atom is -0.493 e. The number of hydrogen-bond acceptors (Lipinski definition) is 4. The number of nitrogens with zero attached hydrogens (tertiary/aromatic N) is 2. The maximum absolute atomic E-state index is 12.5. The Morgan fingerprint density at radius 2 is 1.72 bits per heavy atom. The summed E-state index contributed by atoms with van der Waals surface area (Å²) in [4.78, 5) is 17.4. The van der Waals surface area contributed by atoms with Gasteiger partial charge in [0.2, 0.25) is 0 Å². The summed E-state index contributed by atoms with van der Waals surface area (Å²) < 4.78 is 13.7. The minimum absolute atomic E-state index is 0.00402. The van der Waals surface area contributed by atoms with Crippen LogP contribution in [0.2, 0.25) is 0 Å². The van der Waals surface area contributed by atoms with Crippen molar-refractivity contribution in [1.82, 2.24) is 14.9 Å². The van der Waals surface area contributed by atoms with E-state index in [1.807, 2.05) is 68.4 Å². The maximum atomic E-state index is 12.5. The maximum Gasteiger partial charge on any atom is 0.251 e. The molecule has 0 aliphatic carbocycles. The fraction of sp³-hybridized carbons (Fsp3) is 0.333. The molecule has 0 atom stereocenters. The number of aryl methyl sites for hydroxylation is 3. The lowest BCUT2D eigenvalue weighted by atomic mass is 10.1. The van der Waals surface area contributed by atoms with Crippen LogP contribution in [0.3, 0.4) is 0 Å². The third-order valence-corrected chi connectivity index (χ3v) is 6.36. The summed E-state index contributed by atoms with van der Waals surface area (Å²) in [6.45, 7) is 5.93. The number of aromatic nitrogens is 2. The number of carbonyl (C=O) groups is 1. The van der Waals surface area contributed by atoms with E-state index in [2.05, 4.69) is 22.0 Å². The van der Waals surface area contributed by atoms with Crippen LogP contribution in [0.4, 0.5) is 0 Å². The third kappa shape index (κ3) is 6.25. The van der Waals surface area contributed by atoms with Gasteiger partial charge in [0.25, 0.3) is 5.91 Å². The van der Waals surface area contributed by atoms with Gasteiger partial charge in [0.15, 0.2) is 11.5 Å². The Labute approximate surface area is 213 Å². The van der Waals surface area contributed by atoms with Gasteiger partial charge in [-0.15, -0.1) is 0 Å². The zero-order valence-corrected chi connectivity index (χ0v) is 21.4. The Balaban J connectivity index is 1.28. The van der Waals surface area contributed by atoms with E-state index >= 15 is 0 Å². The van der Waals surface area contributed by atoms with Gasteiger partial charge in [-0.05, 0) is 62.6 Å². The second kappa shape index (κ2) is 12.2. The molecule has 0 aliphatic rings. The van der Waals surface area contributed by atoms with Gasteiger partial charge in [-0.1, -0.05) is 48.4 Å². The van der Waals surface area contributed by atoms with Crippen molar-refractivity contribution >= 4 is 16.9 Å². The molecular formula is C30H35N3O3. The van der Waals surface area contributed by atoms with E-state index in [4.69, 9.17) is 14.5 Å². The molecule has 4 rings (SSSR count). The van der Waals surface area contributed by atoms with Crippen LogP contribution < -0.4 is 14.8 Å². The number of para-hydroxylation sites is 4. The van der Waals surface area contributed by atoms with Gasteiger partial charge < -0.3 is 19.4 Å². The molecule has 0 radical (unpaired) electrons. The highest BCUT2D eigenvalue weighted by Gasteiger charge is 2.12. The fourth-order valence-corrected chi connectivity index (χ4v) is 4.50. The molecule has 4 aromatic rings. The first-order valence-electron chi connectivity index (χ1n) is 12.6. The predicted octanol–water partition coefficient (Wildman–Crippen LogP) is 5.88. The molecule has 36 heavy (non-hydrogen) atoms. The van der Waals surface area contributed by atoms with Crippen LogP contribution in [0.5, 0.6) is 11.5 Å². The van der Waals surface area contributed by atoms with E-state index in [-0.39, 0.29) is 5.91 Å². The summed E-state index contributed by atoms with van der Waals surface area (Å²) in [6, 6.07) is 21.9. The van der Waals surface area contributed by atoms with Gasteiger partial charge >= 0.3 is 0 Å². The number of benzene rings is 3. The van der Waals surface area contributed by atoms with Crippen LogP contribution in [-0.4, -0.2) is 35.7 Å². The molecule has 0 fully saturated rings. The molecule has 188 valence electrons. The van der Waals surface area contributed by atoms with Gasteiger partial charge in [0, 0.05) is 18.5 Å². The molecule has 0 aliphatic heterocycles. The number of fused-ring (bicyclic) bond motifs is 1. The molecule has 1 amide bonds. The van der Waals surface area contributed by atoms with E-state index in [0.717, 1.165) is 65.2 Å². The van der Waals surface area contributed by atoms with E-state index in [9.17, 15) is 4.79 Å². The van der Waals surface area contributed by atoms with Crippen LogP contribution in [0, 0.1) is 13.8 Å². The lowest BCUT2D eigenvalue weighted by Crippen LogP contribution is -2.25. The smallest absolute Gasteiger partial charge is 0.251 e. The van der Waals surface area contributed by atoms with E-state index < -0.39 is 0 Å². The second-order valence-corrected chi connectivity index (χ2v) is 9.05. The number of ether oxygens (including phenoxy) is 2. The first-order chi connectivity index (χ1) is 17.6. The lowest BCUT2D eigenvalue weighted by molar-refractivity contribution is 0.0952. The molecule has 0 bridgehead atoms. The Hall–Kier alpha value is -3.80. The van der Waals surface area contributed by atoms with Crippen molar-refractivity contribution in [3.8, 4) is 11.5 Å². The number of unbranched alkanes of at least 4 members (excludes halogenated alkanes) is 2. The normalized spacial score (nSPS) is 11.0. The van der Waals surface area contributed by atoms with Crippen molar-refractivity contribution in [2.75, 3.05) is 20.3 Å². The summed E-state index contributed by atoms with van der Waals surface area (Å²) in [7, 11) is 1.65. The van der Waals surface area contributed by atoms with Crippen LogP contribution in [-0.2, 0) is 13.0 Å². The lowest BCUT2D eigenvalue weighted by Gasteiger charge is -2.13. The zero-order chi connectivity index (χ0) is 25.3. The van der Waals surface area contributed by atoms with Gasteiger partial charge in [0.05, 0.1) is 24.7 Å². The highest BCUT2D eigenvalue weighted by atomic mass is 16.5. The number of methoxy groups -OCH3 is 1. The Bertz CT molecular complexity index is 1310. The molecule has 3 aromatic carbocycles. The monoisotopic (exact) mass is 485 g/mol. The molecule has 1 aromatic heterocycles. The Kier molecular flexibility index (Phi) is 8.61. The Morgan fingerprint density at radius 1 is 0.944 bits per heavy atom. The summed E-state index contributed by atoms with van der Waals surface area (Å²) in [6.07, 6.45) is 3.85. The van der Waals surface area contributed by atoms with Gasteiger partial charge in [-0.2, -0.15) is 0 Å². The average Bonchev–Trinajstić information content (AvgIpc) is 3.23. The number of imidazole rings is 1. The summed E-state index contributed by atoms with van der Waals surface area (Å²) >= 11 is 0. The average molecular weight is 486 g/mol. The molecule has 0 saturated carbocycles. The van der Waals surface area contributed by atoms with Crippen LogP contribution in [0.1, 0.15) is 46.6 Å².